The second kappa shape index (κ2) is 5.59. The summed E-state index contributed by atoms with van der Waals surface area (Å²) in [5.74, 6) is -0.0399. The van der Waals surface area contributed by atoms with Crippen LogP contribution in [0.3, 0.4) is 0 Å². The van der Waals surface area contributed by atoms with Crippen LogP contribution in [0.4, 0.5) is 0 Å². The van der Waals surface area contributed by atoms with Crippen LogP contribution >= 0.6 is 23.4 Å². The number of halogens is 1. The van der Waals surface area contributed by atoms with Crippen LogP contribution in [0.2, 0.25) is 5.02 Å². The van der Waals surface area contributed by atoms with Gasteiger partial charge in [0.25, 0.3) is 0 Å². The van der Waals surface area contributed by atoms with Crippen LogP contribution in [0.5, 0.6) is 0 Å². The molecule has 0 amide bonds. The molecule has 0 unspecified atom stereocenters. The molecule has 0 atom stereocenters. The van der Waals surface area contributed by atoms with Crippen molar-refractivity contribution in [2.75, 3.05) is 12.0 Å². The maximum absolute atomic E-state index is 11.4. The van der Waals surface area contributed by atoms with Gasteiger partial charge in [0.2, 0.25) is 0 Å². The average Bonchev–Trinajstić information content (AvgIpc) is 2.35. The van der Waals surface area contributed by atoms with Gasteiger partial charge in [-0.1, -0.05) is 17.7 Å². The monoisotopic (exact) mass is 281 g/mol. The first-order chi connectivity index (χ1) is 8.63. The highest BCUT2D eigenvalue weighted by Gasteiger charge is 2.15. The van der Waals surface area contributed by atoms with Crippen molar-refractivity contribution in [3.63, 3.8) is 0 Å². The number of pyridine rings is 1. The lowest BCUT2D eigenvalue weighted by molar-refractivity contribution is 0.0698. The molecule has 5 heteroatoms. The summed E-state index contributed by atoms with van der Waals surface area (Å²) in [7, 11) is 0. The number of rotatable bonds is 4. The Hall–Kier alpha value is -1.26. The number of thioether (sulfide) groups is 1. The summed E-state index contributed by atoms with van der Waals surface area (Å²) in [5, 5.41) is 10.6. The molecule has 1 heterocycles. The zero-order valence-corrected chi connectivity index (χ0v) is 11.4. The molecule has 94 valence electrons. The van der Waals surface area contributed by atoms with Gasteiger partial charge in [-0.3, -0.25) is 4.98 Å². The lowest BCUT2D eigenvalue weighted by atomic mass is 10.0. The number of fused-ring (bicyclic) bond motifs is 1. The summed E-state index contributed by atoms with van der Waals surface area (Å²) in [6.07, 6.45) is 4.33. The molecule has 0 aliphatic carbocycles. The minimum absolute atomic E-state index is 0.339. The van der Waals surface area contributed by atoms with E-state index in [-0.39, 0.29) is 0 Å². The standard InChI is InChI=1S/C13H12ClNO2S/c1-18-5-4-8-7-15-11-6-9(14)2-3-10(11)12(8)13(16)17/h2-3,6-7H,4-5H2,1H3,(H,16,17). The molecule has 0 bridgehead atoms. The van der Waals surface area contributed by atoms with Gasteiger partial charge >= 0.3 is 5.97 Å². The molecular formula is C13H12ClNO2S. The zero-order chi connectivity index (χ0) is 13.1. The van der Waals surface area contributed by atoms with Crippen molar-refractivity contribution in [3.8, 4) is 0 Å². The van der Waals surface area contributed by atoms with Gasteiger partial charge < -0.3 is 5.11 Å². The predicted molar refractivity (Wildman–Crippen MR) is 75.8 cm³/mol. The van der Waals surface area contributed by atoms with E-state index in [1.807, 2.05) is 6.26 Å². The van der Waals surface area contributed by atoms with E-state index in [0.717, 1.165) is 11.3 Å². The third-order valence-electron chi connectivity index (χ3n) is 2.70. The Morgan fingerprint density at radius 1 is 1.50 bits per heavy atom. The SMILES string of the molecule is CSCCc1cnc2cc(Cl)ccc2c1C(=O)O. The molecule has 2 aromatic rings. The van der Waals surface area contributed by atoms with E-state index in [4.69, 9.17) is 11.6 Å². The van der Waals surface area contributed by atoms with Crippen LogP contribution in [0.1, 0.15) is 15.9 Å². The van der Waals surface area contributed by atoms with E-state index >= 15 is 0 Å². The Bertz CT molecular complexity index is 601. The molecule has 0 aliphatic rings. The molecule has 0 saturated carbocycles. The molecule has 2 rings (SSSR count). The Balaban J connectivity index is 2.62. The Labute approximate surface area is 114 Å². The summed E-state index contributed by atoms with van der Waals surface area (Å²) in [4.78, 5) is 15.7. The average molecular weight is 282 g/mol. The third kappa shape index (κ3) is 2.60. The van der Waals surface area contributed by atoms with Crippen LogP contribution in [-0.4, -0.2) is 28.1 Å². The van der Waals surface area contributed by atoms with E-state index in [1.165, 1.54) is 0 Å². The van der Waals surface area contributed by atoms with Gasteiger partial charge in [-0.15, -0.1) is 0 Å². The first kappa shape index (κ1) is 13.2. The molecule has 3 nitrogen and oxygen atoms in total. The lowest BCUT2D eigenvalue weighted by Gasteiger charge is -2.08. The van der Waals surface area contributed by atoms with Crippen molar-refractivity contribution in [3.05, 3.63) is 40.5 Å². The summed E-state index contributed by atoms with van der Waals surface area (Å²) < 4.78 is 0. The summed E-state index contributed by atoms with van der Waals surface area (Å²) in [6, 6.07) is 5.09. The quantitative estimate of drug-likeness (QED) is 0.932. The predicted octanol–water partition coefficient (Wildman–Crippen LogP) is 3.49. The van der Waals surface area contributed by atoms with E-state index in [2.05, 4.69) is 4.98 Å². The Kier molecular flexibility index (Phi) is 4.09. The van der Waals surface area contributed by atoms with Gasteiger partial charge in [0.1, 0.15) is 0 Å². The molecule has 1 aromatic carbocycles. The van der Waals surface area contributed by atoms with E-state index < -0.39 is 5.97 Å². The van der Waals surface area contributed by atoms with Crippen LogP contribution in [0.25, 0.3) is 10.9 Å². The number of carboxylic acid groups (broad SMARTS) is 1. The van der Waals surface area contributed by atoms with Gasteiger partial charge in [-0.2, -0.15) is 11.8 Å². The van der Waals surface area contributed by atoms with E-state index in [0.29, 0.717) is 27.9 Å². The normalized spacial score (nSPS) is 10.8. The van der Waals surface area contributed by atoms with Crippen molar-refractivity contribution >= 4 is 40.2 Å². The van der Waals surface area contributed by atoms with E-state index in [1.54, 1.807) is 36.2 Å². The first-order valence-electron chi connectivity index (χ1n) is 5.43. The molecule has 0 saturated heterocycles. The van der Waals surface area contributed by atoms with Crippen molar-refractivity contribution in [2.45, 2.75) is 6.42 Å². The van der Waals surface area contributed by atoms with Crippen LogP contribution < -0.4 is 0 Å². The highest BCUT2D eigenvalue weighted by molar-refractivity contribution is 7.98. The van der Waals surface area contributed by atoms with Gasteiger partial charge in [-0.25, -0.2) is 4.79 Å². The summed E-state index contributed by atoms with van der Waals surface area (Å²) >= 11 is 7.57. The van der Waals surface area contributed by atoms with Crippen LogP contribution in [0.15, 0.2) is 24.4 Å². The Morgan fingerprint density at radius 2 is 2.28 bits per heavy atom. The summed E-state index contributed by atoms with van der Waals surface area (Å²) in [6.45, 7) is 0. The lowest BCUT2D eigenvalue weighted by Crippen LogP contribution is -2.06. The molecule has 1 N–H and O–H groups in total. The molecule has 0 aliphatic heterocycles. The maximum atomic E-state index is 11.4. The molecule has 1 aromatic heterocycles. The largest absolute Gasteiger partial charge is 0.478 e. The number of aromatic carboxylic acids is 1. The molecule has 18 heavy (non-hydrogen) atoms. The number of hydrogen-bond donors (Lipinski definition) is 1. The number of benzene rings is 1. The number of carboxylic acids is 1. The number of nitrogens with zero attached hydrogens (tertiary/aromatic N) is 1. The van der Waals surface area contributed by atoms with Crippen molar-refractivity contribution in [1.29, 1.82) is 0 Å². The fourth-order valence-corrected chi connectivity index (χ4v) is 2.45. The summed E-state index contributed by atoms with van der Waals surface area (Å²) in [5.41, 5.74) is 1.73. The zero-order valence-electron chi connectivity index (χ0n) is 9.81. The number of hydrogen-bond acceptors (Lipinski definition) is 3. The van der Waals surface area contributed by atoms with Gasteiger partial charge in [0.15, 0.2) is 0 Å². The second-order valence-electron chi connectivity index (χ2n) is 3.87. The highest BCUT2D eigenvalue weighted by atomic mass is 35.5. The fourth-order valence-electron chi connectivity index (χ4n) is 1.86. The topological polar surface area (TPSA) is 50.2 Å². The first-order valence-corrected chi connectivity index (χ1v) is 7.20. The van der Waals surface area contributed by atoms with Crippen LogP contribution in [-0.2, 0) is 6.42 Å². The smallest absolute Gasteiger partial charge is 0.336 e. The van der Waals surface area contributed by atoms with E-state index in [9.17, 15) is 9.90 Å². The minimum Gasteiger partial charge on any atom is -0.478 e. The molecule has 0 spiro atoms. The van der Waals surface area contributed by atoms with Crippen molar-refractivity contribution in [2.24, 2.45) is 0 Å². The fraction of sp³-hybridized carbons (Fsp3) is 0.231. The number of carbonyl (C=O) groups is 1. The molecular weight excluding hydrogens is 270 g/mol. The Morgan fingerprint density at radius 3 is 2.94 bits per heavy atom. The van der Waals surface area contributed by atoms with Gasteiger partial charge in [0.05, 0.1) is 11.1 Å². The van der Waals surface area contributed by atoms with Crippen LogP contribution in [0, 0.1) is 0 Å². The molecule has 0 radical (unpaired) electrons. The number of aryl methyl sites for hydroxylation is 1. The van der Waals surface area contributed by atoms with Crippen molar-refractivity contribution in [1.82, 2.24) is 4.98 Å². The number of aromatic nitrogens is 1. The van der Waals surface area contributed by atoms with Crippen molar-refractivity contribution < 1.29 is 9.90 Å². The minimum atomic E-state index is -0.916. The highest BCUT2D eigenvalue weighted by Crippen LogP contribution is 2.24. The molecule has 0 fully saturated rings. The van der Waals surface area contributed by atoms with Gasteiger partial charge in [0, 0.05) is 16.6 Å². The second-order valence-corrected chi connectivity index (χ2v) is 5.29. The third-order valence-corrected chi connectivity index (χ3v) is 3.55. The maximum Gasteiger partial charge on any atom is 0.336 e. The van der Waals surface area contributed by atoms with Gasteiger partial charge in [-0.05, 0) is 36.1 Å².